The van der Waals surface area contributed by atoms with Crippen molar-refractivity contribution in [3.63, 3.8) is 0 Å². The number of allylic oxidation sites excluding steroid dienone is 1. The van der Waals surface area contributed by atoms with Crippen molar-refractivity contribution in [2.24, 2.45) is 0 Å². The fraction of sp³-hybridized carbons (Fsp3) is 0.400. The van der Waals surface area contributed by atoms with Gasteiger partial charge in [0, 0.05) is 18.4 Å². The molecule has 2 nitrogen and oxygen atoms in total. The summed E-state index contributed by atoms with van der Waals surface area (Å²) in [5.74, 6) is 0. The van der Waals surface area contributed by atoms with Crippen molar-refractivity contribution >= 4 is 5.69 Å². The minimum absolute atomic E-state index is 0.630. The summed E-state index contributed by atoms with van der Waals surface area (Å²) in [4.78, 5) is 3.04. The number of H-pyrrole nitrogens is 1. The number of anilines is 1. The lowest BCUT2D eigenvalue weighted by atomic mass is 10.0. The summed E-state index contributed by atoms with van der Waals surface area (Å²) < 4.78 is 0. The molecule has 1 aliphatic carbocycles. The smallest absolute Gasteiger partial charge is 0.0519 e. The van der Waals surface area contributed by atoms with Crippen LogP contribution in [0.15, 0.2) is 30.6 Å². The van der Waals surface area contributed by atoms with E-state index in [1.54, 1.807) is 0 Å². The van der Waals surface area contributed by atoms with Crippen LogP contribution in [-0.2, 0) is 0 Å². The normalized spacial score (nSPS) is 22.5. The number of rotatable bonds is 2. The molecule has 0 aliphatic heterocycles. The molecule has 0 saturated carbocycles. The predicted octanol–water partition coefficient (Wildman–Crippen LogP) is 2.54. The van der Waals surface area contributed by atoms with Gasteiger partial charge in [-0.3, -0.25) is 0 Å². The van der Waals surface area contributed by atoms with Gasteiger partial charge in [0.1, 0.15) is 0 Å². The van der Waals surface area contributed by atoms with Crippen molar-refractivity contribution < 1.29 is 0 Å². The lowest BCUT2D eigenvalue weighted by molar-refractivity contribution is 0.645. The Morgan fingerprint density at radius 1 is 1.42 bits per heavy atom. The first-order valence-electron chi connectivity index (χ1n) is 4.49. The van der Waals surface area contributed by atoms with Crippen molar-refractivity contribution in [2.75, 3.05) is 5.32 Å². The highest BCUT2D eigenvalue weighted by Crippen LogP contribution is 2.16. The van der Waals surface area contributed by atoms with Gasteiger partial charge >= 0.3 is 0 Å². The Morgan fingerprint density at radius 3 is 3.08 bits per heavy atom. The number of hydrogen-bond donors (Lipinski definition) is 2. The molecule has 1 unspecified atom stereocenters. The summed E-state index contributed by atoms with van der Waals surface area (Å²) in [6.07, 6.45) is 12.1. The van der Waals surface area contributed by atoms with Crippen LogP contribution in [0.5, 0.6) is 0 Å². The highest BCUT2D eigenvalue weighted by atomic mass is 14.9. The maximum Gasteiger partial charge on any atom is 0.0519 e. The zero-order valence-electron chi connectivity index (χ0n) is 7.09. The molecule has 1 atom stereocenters. The van der Waals surface area contributed by atoms with Crippen molar-refractivity contribution in [1.29, 1.82) is 0 Å². The van der Waals surface area contributed by atoms with Gasteiger partial charge in [-0.25, -0.2) is 0 Å². The Labute approximate surface area is 72.7 Å². The second-order valence-electron chi connectivity index (χ2n) is 3.23. The van der Waals surface area contributed by atoms with E-state index in [4.69, 9.17) is 0 Å². The van der Waals surface area contributed by atoms with Gasteiger partial charge in [0.25, 0.3) is 0 Å². The van der Waals surface area contributed by atoms with Crippen LogP contribution in [0.1, 0.15) is 19.3 Å². The molecule has 1 aromatic rings. The van der Waals surface area contributed by atoms with Gasteiger partial charge in [0.15, 0.2) is 0 Å². The van der Waals surface area contributed by atoms with Crippen LogP contribution in [-0.4, -0.2) is 11.0 Å². The van der Waals surface area contributed by atoms with Gasteiger partial charge in [-0.05, 0) is 25.3 Å². The van der Waals surface area contributed by atoms with Crippen LogP contribution in [0.2, 0.25) is 0 Å². The minimum atomic E-state index is 0.630. The Bertz CT molecular complexity index is 249. The molecule has 2 rings (SSSR count). The molecule has 0 amide bonds. The van der Waals surface area contributed by atoms with Crippen molar-refractivity contribution in [3.05, 3.63) is 30.6 Å². The Balaban J connectivity index is 1.91. The van der Waals surface area contributed by atoms with E-state index in [0.717, 1.165) is 6.42 Å². The highest BCUT2D eigenvalue weighted by Gasteiger charge is 2.08. The van der Waals surface area contributed by atoms with Crippen LogP contribution in [0, 0.1) is 0 Å². The highest BCUT2D eigenvalue weighted by molar-refractivity contribution is 5.41. The van der Waals surface area contributed by atoms with Crippen LogP contribution < -0.4 is 5.32 Å². The fourth-order valence-electron chi connectivity index (χ4n) is 1.57. The molecule has 0 spiro atoms. The first kappa shape index (κ1) is 7.47. The summed E-state index contributed by atoms with van der Waals surface area (Å²) in [6.45, 7) is 0. The molecule has 64 valence electrons. The Morgan fingerprint density at radius 2 is 2.42 bits per heavy atom. The Hall–Kier alpha value is -1.18. The molecule has 0 bridgehead atoms. The molecule has 1 aliphatic rings. The van der Waals surface area contributed by atoms with Gasteiger partial charge in [-0.15, -0.1) is 0 Å². The SMILES string of the molecule is C1=CCC(Nc2cc[nH]c2)CC1. The molecule has 2 heteroatoms. The first-order valence-corrected chi connectivity index (χ1v) is 4.49. The number of hydrogen-bond acceptors (Lipinski definition) is 1. The number of aromatic nitrogens is 1. The van der Waals surface area contributed by atoms with E-state index in [2.05, 4.69) is 28.5 Å². The molecule has 0 aromatic carbocycles. The van der Waals surface area contributed by atoms with E-state index in [-0.39, 0.29) is 0 Å². The summed E-state index contributed by atoms with van der Waals surface area (Å²) in [5.41, 5.74) is 1.20. The summed E-state index contributed by atoms with van der Waals surface area (Å²) in [6, 6.07) is 2.70. The molecule has 1 aromatic heterocycles. The molecule has 1 heterocycles. The molecule has 0 fully saturated rings. The third-order valence-electron chi connectivity index (χ3n) is 2.24. The molecule has 12 heavy (non-hydrogen) atoms. The first-order chi connectivity index (χ1) is 5.95. The average molecular weight is 162 g/mol. The number of nitrogens with one attached hydrogen (secondary N) is 2. The van der Waals surface area contributed by atoms with Crippen LogP contribution >= 0.6 is 0 Å². The third kappa shape index (κ3) is 1.70. The monoisotopic (exact) mass is 162 g/mol. The summed E-state index contributed by atoms with van der Waals surface area (Å²) >= 11 is 0. The molecule has 0 saturated heterocycles. The van der Waals surface area contributed by atoms with Crippen molar-refractivity contribution in [1.82, 2.24) is 4.98 Å². The second-order valence-corrected chi connectivity index (χ2v) is 3.23. The van der Waals surface area contributed by atoms with Gasteiger partial charge < -0.3 is 10.3 Å². The maximum absolute atomic E-state index is 3.48. The van der Waals surface area contributed by atoms with E-state index in [9.17, 15) is 0 Å². The third-order valence-corrected chi connectivity index (χ3v) is 2.24. The van der Waals surface area contributed by atoms with E-state index >= 15 is 0 Å². The standard InChI is InChI=1S/C10H14N2/c1-2-4-9(5-3-1)12-10-6-7-11-8-10/h1-2,6-9,11-12H,3-5H2. The van der Waals surface area contributed by atoms with Crippen LogP contribution in [0.3, 0.4) is 0 Å². The molecular weight excluding hydrogens is 148 g/mol. The molecule has 2 N–H and O–H groups in total. The topological polar surface area (TPSA) is 27.8 Å². The average Bonchev–Trinajstić information content (AvgIpc) is 2.59. The zero-order chi connectivity index (χ0) is 8.23. The lowest BCUT2D eigenvalue weighted by Crippen LogP contribution is -2.19. The minimum Gasteiger partial charge on any atom is -0.381 e. The lowest BCUT2D eigenvalue weighted by Gasteiger charge is -2.19. The van der Waals surface area contributed by atoms with Crippen LogP contribution in [0.4, 0.5) is 5.69 Å². The number of aromatic amines is 1. The zero-order valence-corrected chi connectivity index (χ0v) is 7.09. The van der Waals surface area contributed by atoms with Gasteiger partial charge in [0.2, 0.25) is 0 Å². The summed E-state index contributed by atoms with van der Waals surface area (Å²) in [5, 5.41) is 3.48. The van der Waals surface area contributed by atoms with Crippen molar-refractivity contribution in [2.45, 2.75) is 25.3 Å². The predicted molar refractivity (Wildman–Crippen MR) is 51.2 cm³/mol. The van der Waals surface area contributed by atoms with Gasteiger partial charge in [-0.2, -0.15) is 0 Å². The molecular formula is C10H14N2. The Kier molecular flexibility index (Phi) is 2.16. The van der Waals surface area contributed by atoms with E-state index in [1.807, 2.05) is 12.4 Å². The maximum atomic E-state index is 3.48. The fourth-order valence-corrected chi connectivity index (χ4v) is 1.57. The van der Waals surface area contributed by atoms with Gasteiger partial charge in [-0.1, -0.05) is 12.2 Å². The van der Waals surface area contributed by atoms with E-state index in [0.29, 0.717) is 6.04 Å². The van der Waals surface area contributed by atoms with E-state index in [1.165, 1.54) is 18.5 Å². The summed E-state index contributed by atoms with van der Waals surface area (Å²) in [7, 11) is 0. The quantitative estimate of drug-likeness (QED) is 0.642. The van der Waals surface area contributed by atoms with E-state index < -0.39 is 0 Å². The largest absolute Gasteiger partial charge is 0.381 e. The van der Waals surface area contributed by atoms with Crippen LogP contribution in [0.25, 0.3) is 0 Å². The van der Waals surface area contributed by atoms with Gasteiger partial charge in [0.05, 0.1) is 5.69 Å². The second kappa shape index (κ2) is 3.48. The van der Waals surface area contributed by atoms with Crippen molar-refractivity contribution in [3.8, 4) is 0 Å². The molecule has 0 radical (unpaired) electrons.